The largest absolute Gasteiger partial charge is 0.472 e. The molecule has 2 N–H and O–H groups in total. The molecule has 0 aromatic heterocycles. The minimum Gasteiger partial charge on any atom is -0.472 e. The molecule has 0 saturated heterocycles. The van der Waals surface area contributed by atoms with Gasteiger partial charge in [0, 0.05) is 19.5 Å². The van der Waals surface area contributed by atoms with Crippen LogP contribution in [0.5, 0.6) is 0 Å². The summed E-state index contributed by atoms with van der Waals surface area (Å²) in [5.41, 5.74) is 0. The third-order valence-electron chi connectivity index (χ3n) is 0.521. The Hall–Kier alpha value is 0.0534. The van der Waals surface area contributed by atoms with Gasteiger partial charge >= 0.3 is 0 Å². The van der Waals surface area contributed by atoms with Crippen LogP contribution in [0.25, 0.3) is 5.32 Å². The van der Waals surface area contributed by atoms with E-state index in [4.69, 9.17) is 0 Å². The first-order chi connectivity index (χ1) is 2.50. The molecule has 0 saturated carbocycles. The van der Waals surface area contributed by atoms with Gasteiger partial charge < -0.3 is 15.8 Å². The van der Waals surface area contributed by atoms with E-state index in [0.717, 1.165) is 13.1 Å². The minimum atomic E-state index is 0. The van der Waals surface area contributed by atoms with E-state index in [1.165, 1.54) is 0 Å². The zero-order valence-electron chi connectivity index (χ0n) is 4.09. The number of aliphatic imine (C=N–C) groups is 1. The van der Waals surface area contributed by atoms with Gasteiger partial charge in [-0.05, 0) is 0 Å². The molecule has 0 aromatic rings. The molecule has 1 rings (SSSR count). The van der Waals surface area contributed by atoms with Gasteiger partial charge in [-0.15, -0.1) is 6.34 Å². The van der Waals surface area contributed by atoms with Gasteiger partial charge in [0.1, 0.15) is 0 Å². The molecule has 7 heavy (non-hydrogen) atoms. The third kappa shape index (κ3) is 3.89. The Balaban J connectivity index is 0. The maximum Gasteiger partial charge on any atom is 0 e. The fourth-order valence-electron chi connectivity index (χ4n) is 0.289. The molecule has 3 nitrogen and oxygen atoms in total. The second-order valence-electron chi connectivity index (χ2n) is 0.928. The van der Waals surface area contributed by atoms with Crippen molar-refractivity contribution in [1.29, 1.82) is 0 Å². The van der Waals surface area contributed by atoms with Crippen LogP contribution in [-0.4, -0.2) is 24.9 Å². The molecule has 0 bridgehead atoms. The monoisotopic (exact) mass is 151 g/mol. The van der Waals surface area contributed by atoms with Crippen molar-refractivity contribution in [3.63, 3.8) is 0 Å². The first-order valence-corrected chi connectivity index (χ1v) is 1.65. The molecule has 38 valence electrons. The van der Waals surface area contributed by atoms with E-state index < -0.39 is 0 Å². The summed E-state index contributed by atoms with van der Waals surface area (Å²) in [4.78, 5) is 3.79. The Bertz CT molecular complexity index is 50.9. The fraction of sp³-hybridized carbons (Fsp3) is 0.667. The van der Waals surface area contributed by atoms with Gasteiger partial charge in [-0.25, -0.2) is 0 Å². The van der Waals surface area contributed by atoms with E-state index in [0.29, 0.717) is 0 Å². The molecule has 0 radical (unpaired) electrons. The molecular formula is C3H7N2OZn-. The average Bonchev–Trinajstić information content (AvgIpc) is 1.76. The smallest absolute Gasteiger partial charge is 0 e. The normalized spacial score (nSPS) is 13.7. The summed E-state index contributed by atoms with van der Waals surface area (Å²) < 4.78 is 0. The van der Waals surface area contributed by atoms with Crippen molar-refractivity contribution in [3.8, 4) is 0 Å². The molecule has 0 amide bonds. The van der Waals surface area contributed by atoms with Crippen molar-refractivity contribution in [2.45, 2.75) is 0 Å². The molecule has 1 aliphatic rings. The van der Waals surface area contributed by atoms with Gasteiger partial charge in [0.15, 0.2) is 0 Å². The zero-order chi connectivity index (χ0) is 3.54. The van der Waals surface area contributed by atoms with E-state index in [-0.39, 0.29) is 25.0 Å². The van der Waals surface area contributed by atoms with Crippen LogP contribution in [-0.2, 0) is 19.5 Å². The van der Waals surface area contributed by atoms with Gasteiger partial charge in [-0.1, -0.05) is 13.1 Å². The average molecular weight is 152 g/mol. The summed E-state index contributed by atoms with van der Waals surface area (Å²) in [5.74, 6) is 0. The molecule has 1 heterocycles. The Morgan fingerprint density at radius 3 is 2.43 bits per heavy atom. The zero-order valence-corrected chi connectivity index (χ0v) is 7.06. The van der Waals surface area contributed by atoms with E-state index in [1.54, 1.807) is 6.34 Å². The van der Waals surface area contributed by atoms with Crippen LogP contribution in [0.1, 0.15) is 0 Å². The van der Waals surface area contributed by atoms with Crippen LogP contribution in [0, 0.1) is 0 Å². The SMILES string of the molecule is C1=NCC[N-]1.O.[Zn]. The third-order valence-corrected chi connectivity index (χ3v) is 0.521. The maximum atomic E-state index is 3.79. The van der Waals surface area contributed by atoms with Crippen molar-refractivity contribution < 1.29 is 25.0 Å². The first-order valence-electron chi connectivity index (χ1n) is 1.65. The van der Waals surface area contributed by atoms with Crippen molar-refractivity contribution >= 4 is 6.34 Å². The number of nitrogens with zero attached hydrogens (tertiary/aromatic N) is 2. The van der Waals surface area contributed by atoms with Gasteiger partial charge in [-0.3, -0.25) is 0 Å². The summed E-state index contributed by atoms with van der Waals surface area (Å²) in [5, 5.41) is 3.79. The second-order valence-corrected chi connectivity index (χ2v) is 0.928. The summed E-state index contributed by atoms with van der Waals surface area (Å²) in [6, 6.07) is 0. The van der Waals surface area contributed by atoms with E-state index in [2.05, 4.69) is 10.3 Å². The Kier molecular flexibility index (Phi) is 8.75. The van der Waals surface area contributed by atoms with Crippen molar-refractivity contribution in [3.05, 3.63) is 5.32 Å². The Labute approximate surface area is 55.3 Å². The van der Waals surface area contributed by atoms with Gasteiger partial charge in [0.05, 0.1) is 0 Å². The predicted molar refractivity (Wildman–Crippen MR) is 25.2 cm³/mol. The number of hydrogen-bond donors (Lipinski definition) is 0. The van der Waals surface area contributed by atoms with Gasteiger partial charge in [0.25, 0.3) is 0 Å². The molecule has 0 fully saturated rings. The number of hydrogen-bond acceptors (Lipinski definition) is 1. The molecule has 0 atom stereocenters. The Morgan fingerprint density at radius 1 is 1.57 bits per heavy atom. The summed E-state index contributed by atoms with van der Waals surface area (Å²) in [6.07, 6.45) is 1.61. The van der Waals surface area contributed by atoms with E-state index in [1.807, 2.05) is 0 Å². The fourth-order valence-corrected chi connectivity index (χ4v) is 0.289. The topological polar surface area (TPSA) is 58.0 Å². The first kappa shape index (κ1) is 10.1. The van der Waals surface area contributed by atoms with Crippen LogP contribution < -0.4 is 0 Å². The van der Waals surface area contributed by atoms with E-state index in [9.17, 15) is 0 Å². The van der Waals surface area contributed by atoms with Gasteiger partial charge in [0.2, 0.25) is 0 Å². The van der Waals surface area contributed by atoms with Crippen LogP contribution in [0.15, 0.2) is 4.99 Å². The maximum absolute atomic E-state index is 3.79. The van der Waals surface area contributed by atoms with Gasteiger partial charge in [-0.2, -0.15) is 0 Å². The molecular weight excluding hydrogens is 145 g/mol. The molecule has 1 aliphatic heterocycles. The van der Waals surface area contributed by atoms with E-state index >= 15 is 0 Å². The quantitative estimate of drug-likeness (QED) is 0.423. The second kappa shape index (κ2) is 6.05. The van der Waals surface area contributed by atoms with Crippen molar-refractivity contribution in [2.75, 3.05) is 13.1 Å². The molecule has 0 spiro atoms. The van der Waals surface area contributed by atoms with Crippen LogP contribution in [0.3, 0.4) is 0 Å². The summed E-state index contributed by atoms with van der Waals surface area (Å²) in [7, 11) is 0. The Morgan fingerprint density at radius 2 is 2.29 bits per heavy atom. The van der Waals surface area contributed by atoms with Crippen molar-refractivity contribution in [1.82, 2.24) is 0 Å². The minimum absolute atomic E-state index is 0. The molecule has 4 heteroatoms. The predicted octanol–water partition coefficient (Wildman–Crippen LogP) is -0.425. The summed E-state index contributed by atoms with van der Waals surface area (Å²) >= 11 is 0. The van der Waals surface area contributed by atoms with Crippen LogP contribution in [0.2, 0.25) is 0 Å². The molecule has 0 unspecified atom stereocenters. The van der Waals surface area contributed by atoms with Crippen molar-refractivity contribution in [2.24, 2.45) is 4.99 Å². The molecule has 0 aromatic carbocycles. The van der Waals surface area contributed by atoms with Crippen LogP contribution >= 0.6 is 0 Å². The summed E-state index contributed by atoms with van der Waals surface area (Å²) in [6.45, 7) is 1.81. The molecule has 0 aliphatic carbocycles. The number of rotatable bonds is 0. The standard InChI is InChI=1S/C3H5N2.H2O.Zn/c1-2-5-3-4-1;;/h3H,1-2H2;1H2;/q-1;;. The van der Waals surface area contributed by atoms with Crippen LogP contribution in [0.4, 0.5) is 0 Å².